The lowest BCUT2D eigenvalue weighted by Crippen LogP contribution is -2.39. The summed E-state index contributed by atoms with van der Waals surface area (Å²) in [6, 6.07) is 0.746. The smallest absolute Gasteiger partial charge is 0.0593 e. The van der Waals surface area contributed by atoms with Gasteiger partial charge in [-0.25, -0.2) is 0 Å². The van der Waals surface area contributed by atoms with Gasteiger partial charge in [-0.3, -0.25) is 4.90 Å². The van der Waals surface area contributed by atoms with Crippen molar-refractivity contribution in [3.63, 3.8) is 0 Å². The quantitative estimate of drug-likeness (QED) is 0.623. The minimum atomic E-state index is 0.746. The van der Waals surface area contributed by atoms with Crippen molar-refractivity contribution in [3.05, 3.63) is 0 Å². The van der Waals surface area contributed by atoms with E-state index in [1.54, 1.807) is 0 Å². The van der Waals surface area contributed by atoms with Gasteiger partial charge in [-0.15, -0.1) is 0 Å². The molecule has 1 atom stereocenters. The van der Waals surface area contributed by atoms with E-state index in [2.05, 4.69) is 24.1 Å². The molecule has 0 spiro atoms. The summed E-state index contributed by atoms with van der Waals surface area (Å²) in [7, 11) is 0. The van der Waals surface area contributed by atoms with Gasteiger partial charge in [0.05, 0.1) is 6.61 Å². The van der Waals surface area contributed by atoms with E-state index in [-0.39, 0.29) is 0 Å². The molecule has 3 heteroatoms. The Kier molecular flexibility index (Phi) is 6.15. The van der Waals surface area contributed by atoms with Gasteiger partial charge in [0.25, 0.3) is 0 Å². The molecule has 0 saturated carbocycles. The Morgan fingerprint density at radius 1 is 1.43 bits per heavy atom. The average Bonchev–Trinajstić information content (AvgIpc) is 2.63. The van der Waals surface area contributed by atoms with Gasteiger partial charge in [0.15, 0.2) is 0 Å². The summed E-state index contributed by atoms with van der Waals surface area (Å²) in [5, 5.41) is 3.43. The standard InChI is InChI=1S/C11H24N2O/c1-3-12-10-11-6-5-7-13(11)8-9-14-4-2/h11-12H,3-10H2,1-2H3. The first-order valence-corrected chi connectivity index (χ1v) is 5.91. The van der Waals surface area contributed by atoms with Gasteiger partial charge >= 0.3 is 0 Å². The fraction of sp³-hybridized carbons (Fsp3) is 1.00. The predicted molar refractivity (Wildman–Crippen MR) is 59.6 cm³/mol. The Morgan fingerprint density at radius 2 is 2.29 bits per heavy atom. The van der Waals surface area contributed by atoms with Gasteiger partial charge in [0.2, 0.25) is 0 Å². The van der Waals surface area contributed by atoms with Crippen molar-refractivity contribution >= 4 is 0 Å². The van der Waals surface area contributed by atoms with Crippen LogP contribution in [0, 0.1) is 0 Å². The molecule has 0 aliphatic carbocycles. The average molecular weight is 200 g/mol. The Bertz CT molecular complexity index is 141. The topological polar surface area (TPSA) is 24.5 Å². The van der Waals surface area contributed by atoms with Crippen LogP contribution >= 0.6 is 0 Å². The van der Waals surface area contributed by atoms with E-state index < -0.39 is 0 Å². The van der Waals surface area contributed by atoms with Crippen molar-refractivity contribution < 1.29 is 4.74 Å². The van der Waals surface area contributed by atoms with E-state index in [9.17, 15) is 0 Å². The lowest BCUT2D eigenvalue weighted by Gasteiger charge is -2.24. The third kappa shape index (κ3) is 3.95. The van der Waals surface area contributed by atoms with Crippen LogP contribution in [-0.4, -0.2) is 50.3 Å². The third-order valence-corrected chi connectivity index (χ3v) is 2.86. The fourth-order valence-electron chi connectivity index (χ4n) is 2.06. The summed E-state index contributed by atoms with van der Waals surface area (Å²) in [6.45, 7) is 10.5. The molecule has 1 aliphatic heterocycles. The van der Waals surface area contributed by atoms with E-state index >= 15 is 0 Å². The molecule has 0 aromatic carbocycles. The highest BCUT2D eigenvalue weighted by Crippen LogP contribution is 2.15. The van der Waals surface area contributed by atoms with Crippen LogP contribution in [0.4, 0.5) is 0 Å². The Balaban J connectivity index is 2.14. The second kappa shape index (κ2) is 7.21. The van der Waals surface area contributed by atoms with E-state index in [4.69, 9.17) is 4.74 Å². The molecule has 14 heavy (non-hydrogen) atoms. The van der Waals surface area contributed by atoms with Crippen LogP contribution in [0.5, 0.6) is 0 Å². The van der Waals surface area contributed by atoms with Crippen LogP contribution in [-0.2, 0) is 4.74 Å². The number of nitrogens with one attached hydrogen (secondary N) is 1. The first-order valence-electron chi connectivity index (χ1n) is 5.91. The molecule has 84 valence electrons. The molecule has 1 heterocycles. The maximum absolute atomic E-state index is 5.39. The Morgan fingerprint density at radius 3 is 3.00 bits per heavy atom. The summed E-state index contributed by atoms with van der Waals surface area (Å²) in [5.74, 6) is 0. The number of likely N-dealkylation sites (N-methyl/N-ethyl adjacent to an activating group) is 1. The first kappa shape index (κ1) is 12.0. The molecule has 1 saturated heterocycles. The zero-order valence-corrected chi connectivity index (χ0v) is 9.59. The summed E-state index contributed by atoms with van der Waals surface area (Å²) in [5.41, 5.74) is 0. The number of rotatable bonds is 7. The predicted octanol–water partition coefficient (Wildman–Crippen LogP) is 1.10. The van der Waals surface area contributed by atoms with Gasteiger partial charge in [-0.1, -0.05) is 6.92 Å². The molecule has 0 bridgehead atoms. The van der Waals surface area contributed by atoms with Crippen molar-refractivity contribution in [1.29, 1.82) is 0 Å². The van der Waals surface area contributed by atoms with Crippen LogP contribution in [0.2, 0.25) is 0 Å². The molecule has 1 unspecified atom stereocenters. The van der Waals surface area contributed by atoms with Gasteiger partial charge < -0.3 is 10.1 Å². The molecule has 3 nitrogen and oxygen atoms in total. The third-order valence-electron chi connectivity index (χ3n) is 2.86. The van der Waals surface area contributed by atoms with Gasteiger partial charge in [-0.05, 0) is 32.9 Å². The number of hydrogen-bond donors (Lipinski definition) is 1. The van der Waals surface area contributed by atoms with E-state index in [1.165, 1.54) is 19.4 Å². The van der Waals surface area contributed by atoms with Crippen molar-refractivity contribution in [2.75, 3.05) is 39.4 Å². The molecule has 0 radical (unpaired) electrons. The van der Waals surface area contributed by atoms with E-state index in [0.717, 1.165) is 38.9 Å². The monoisotopic (exact) mass is 200 g/mol. The molecule has 1 fully saturated rings. The van der Waals surface area contributed by atoms with Crippen LogP contribution in [0.15, 0.2) is 0 Å². The number of nitrogens with zero attached hydrogens (tertiary/aromatic N) is 1. The van der Waals surface area contributed by atoms with Gasteiger partial charge in [-0.2, -0.15) is 0 Å². The van der Waals surface area contributed by atoms with Gasteiger partial charge in [0, 0.05) is 25.7 Å². The number of ether oxygens (including phenoxy) is 1. The fourth-order valence-corrected chi connectivity index (χ4v) is 2.06. The first-order chi connectivity index (χ1) is 6.88. The van der Waals surface area contributed by atoms with Gasteiger partial charge in [0.1, 0.15) is 0 Å². The Hall–Kier alpha value is -0.120. The van der Waals surface area contributed by atoms with E-state index in [0.29, 0.717) is 0 Å². The largest absolute Gasteiger partial charge is 0.380 e. The summed E-state index contributed by atoms with van der Waals surface area (Å²) >= 11 is 0. The molecule has 1 aliphatic rings. The second-order valence-corrected chi connectivity index (χ2v) is 3.84. The molecule has 0 amide bonds. The molecule has 1 rings (SSSR count). The minimum absolute atomic E-state index is 0.746. The zero-order chi connectivity index (χ0) is 10.2. The highest BCUT2D eigenvalue weighted by molar-refractivity contribution is 4.80. The second-order valence-electron chi connectivity index (χ2n) is 3.84. The minimum Gasteiger partial charge on any atom is -0.380 e. The summed E-state index contributed by atoms with van der Waals surface area (Å²) < 4.78 is 5.39. The highest BCUT2D eigenvalue weighted by Gasteiger charge is 2.22. The van der Waals surface area contributed by atoms with Crippen molar-refractivity contribution in [2.24, 2.45) is 0 Å². The maximum atomic E-state index is 5.39. The van der Waals surface area contributed by atoms with Crippen molar-refractivity contribution in [1.82, 2.24) is 10.2 Å². The Labute approximate surface area is 87.8 Å². The van der Waals surface area contributed by atoms with Crippen molar-refractivity contribution in [3.8, 4) is 0 Å². The maximum Gasteiger partial charge on any atom is 0.0593 e. The van der Waals surface area contributed by atoms with Crippen LogP contribution in [0.1, 0.15) is 26.7 Å². The molecule has 1 N–H and O–H groups in total. The number of likely N-dealkylation sites (tertiary alicyclic amines) is 1. The van der Waals surface area contributed by atoms with E-state index in [1.807, 2.05) is 0 Å². The lowest BCUT2D eigenvalue weighted by atomic mass is 10.2. The van der Waals surface area contributed by atoms with Crippen LogP contribution < -0.4 is 5.32 Å². The summed E-state index contributed by atoms with van der Waals surface area (Å²) in [4.78, 5) is 2.55. The number of hydrogen-bond acceptors (Lipinski definition) is 3. The molecular weight excluding hydrogens is 176 g/mol. The molecular formula is C11H24N2O. The molecule has 0 aromatic heterocycles. The van der Waals surface area contributed by atoms with Crippen LogP contribution in [0.3, 0.4) is 0 Å². The zero-order valence-electron chi connectivity index (χ0n) is 9.59. The highest BCUT2D eigenvalue weighted by atomic mass is 16.5. The SMILES string of the molecule is CCNCC1CCCN1CCOCC. The van der Waals surface area contributed by atoms with Crippen molar-refractivity contribution in [2.45, 2.75) is 32.7 Å². The lowest BCUT2D eigenvalue weighted by molar-refractivity contribution is 0.108. The molecule has 0 aromatic rings. The van der Waals surface area contributed by atoms with Crippen LogP contribution in [0.25, 0.3) is 0 Å². The normalized spacial score (nSPS) is 23.1. The summed E-state index contributed by atoms with van der Waals surface area (Å²) in [6.07, 6.45) is 2.70.